The molecule has 0 aromatic heterocycles. The van der Waals surface area contributed by atoms with Crippen LogP contribution in [0.1, 0.15) is 22.7 Å². The number of nitrogens with zero attached hydrogens (tertiary/aromatic N) is 1. The van der Waals surface area contributed by atoms with Gasteiger partial charge in [-0.2, -0.15) is 0 Å². The van der Waals surface area contributed by atoms with Gasteiger partial charge in [0.05, 0.1) is 35.9 Å². The van der Waals surface area contributed by atoms with Crippen molar-refractivity contribution in [3.8, 4) is 5.75 Å². The number of aryl methyl sites for hydroxylation is 1. The highest BCUT2D eigenvalue weighted by molar-refractivity contribution is 6.46. The van der Waals surface area contributed by atoms with E-state index in [1.165, 1.54) is 19.1 Å². The summed E-state index contributed by atoms with van der Waals surface area (Å²) in [5.41, 5.74) is 1.59. The number of hydrogen-bond donors (Lipinski definition) is 1. The summed E-state index contributed by atoms with van der Waals surface area (Å²) in [6.45, 7) is 2.21. The van der Waals surface area contributed by atoms with E-state index in [1.54, 1.807) is 43.3 Å². The molecule has 0 radical (unpaired) electrons. The second-order valence-electron chi connectivity index (χ2n) is 6.86. The second-order valence-corrected chi connectivity index (χ2v) is 7.71. The van der Waals surface area contributed by atoms with E-state index >= 15 is 0 Å². The van der Waals surface area contributed by atoms with Crippen LogP contribution in [-0.2, 0) is 14.3 Å². The number of carbonyl (C=O) groups excluding carboxylic acids is 2. The van der Waals surface area contributed by atoms with Crippen molar-refractivity contribution in [3.63, 3.8) is 0 Å². The monoisotopic (exact) mass is 449 g/mol. The summed E-state index contributed by atoms with van der Waals surface area (Å²) in [6, 6.07) is 9.29. The number of carbonyl (C=O) groups is 2. The van der Waals surface area contributed by atoms with Gasteiger partial charge in [0.1, 0.15) is 11.5 Å². The van der Waals surface area contributed by atoms with Crippen LogP contribution in [0.25, 0.3) is 5.76 Å². The zero-order valence-electron chi connectivity index (χ0n) is 16.7. The molecule has 1 fully saturated rings. The van der Waals surface area contributed by atoms with E-state index in [2.05, 4.69) is 0 Å². The quantitative estimate of drug-likeness (QED) is 0.402. The van der Waals surface area contributed by atoms with Gasteiger partial charge in [-0.1, -0.05) is 35.3 Å². The third kappa shape index (κ3) is 4.03. The number of likely N-dealkylation sites (tertiary alicyclic amines) is 1. The largest absolute Gasteiger partial charge is 0.507 e. The van der Waals surface area contributed by atoms with Crippen LogP contribution < -0.4 is 4.74 Å². The first-order chi connectivity index (χ1) is 14.3. The van der Waals surface area contributed by atoms with Crippen molar-refractivity contribution in [2.75, 3.05) is 27.4 Å². The molecule has 1 N–H and O–H groups in total. The fraction of sp³-hybridized carbons (Fsp3) is 0.273. The lowest BCUT2D eigenvalue weighted by Crippen LogP contribution is -2.32. The normalized spacial score (nSPS) is 18.2. The molecule has 1 heterocycles. The number of aliphatic hydroxyl groups excluding tert-OH is 1. The lowest BCUT2D eigenvalue weighted by Gasteiger charge is -2.25. The Kier molecular flexibility index (Phi) is 6.71. The Hall–Kier alpha value is -2.54. The van der Waals surface area contributed by atoms with Crippen LogP contribution in [0.3, 0.4) is 0 Å². The van der Waals surface area contributed by atoms with E-state index in [1.807, 2.05) is 0 Å². The van der Waals surface area contributed by atoms with Crippen LogP contribution >= 0.6 is 23.2 Å². The van der Waals surface area contributed by atoms with Crippen LogP contribution in [-0.4, -0.2) is 49.1 Å². The number of Topliss-reactive ketones (excluding diaryl/α,β-unsaturated/α-hetero) is 1. The topological polar surface area (TPSA) is 76.1 Å². The molecule has 1 aliphatic rings. The molecule has 0 saturated carbocycles. The van der Waals surface area contributed by atoms with E-state index in [0.29, 0.717) is 10.6 Å². The van der Waals surface area contributed by atoms with Gasteiger partial charge in [0.25, 0.3) is 11.7 Å². The third-order valence-electron chi connectivity index (χ3n) is 4.91. The summed E-state index contributed by atoms with van der Waals surface area (Å²) in [5, 5.41) is 12.0. The Bertz CT molecular complexity index is 1020. The van der Waals surface area contributed by atoms with Crippen molar-refractivity contribution in [2.24, 2.45) is 0 Å². The number of ether oxygens (including phenoxy) is 2. The zero-order chi connectivity index (χ0) is 22.0. The first-order valence-corrected chi connectivity index (χ1v) is 9.93. The summed E-state index contributed by atoms with van der Waals surface area (Å²) in [7, 11) is 2.93. The van der Waals surface area contributed by atoms with Crippen molar-refractivity contribution in [2.45, 2.75) is 13.0 Å². The number of halogens is 2. The summed E-state index contributed by atoms with van der Waals surface area (Å²) in [5.74, 6) is -1.64. The molecule has 30 heavy (non-hydrogen) atoms. The first-order valence-electron chi connectivity index (χ1n) is 9.17. The van der Waals surface area contributed by atoms with E-state index in [9.17, 15) is 14.7 Å². The minimum atomic E-state index is -0.804. The van der Waals surface area contributed by atoms with E-state index in [-0.39, 0.29) is 40.8 Å². The third-order valence-corrected chi connectivity index (χ3v) is 5.44. The number of benzene rings is 2. The standard InChI is InChI=1S/C22H21Cl2NO5/c1-12-10-15(21(30-3)16(24)11-12)19(26)17-18(13-4-6-14(23)7-5-13)25(8-9-29-2)22(28)20(17)27/h4-7,10-11,18,26H,8-9H2,1-3H3/b19-17+. The predicted molar refractivity (Wildman–Crippen MR) is 115 cm³/mol. The van der Waals surface area contributed by atoms with Crippen molar-refractivity contribution < 1.29 is 24.2 Å². The van der Waals surface area contributed by atoms with Gasteiger partial charge in [0, 0.05) is 18.7 Å². The van der Waals surface area contributed by atoms with Gasteiger partial charge >= 0.3 is 0 Å². The molecular formula is C22H21Cl2NO5. The Morgan fingerprint density at radius 3 is 2.40 bits per heavy atom. The maximum atomic E-state index is 13.0. The lowest BCUT2D eigenvalue weighted by molar-refractivity contribution is -0.140. The van der Waals surface area contributed by atoms with E-state index in [0.717, 1.165) is 5.56 Å². The average Bonchev–Trinajstić information content (AvgIpc) is 2.96. The Labute approximate surface area is 184 Å². The fourth-order valence-corrected chi connectivity index (χ4v) is 4.03. The van der Waals surface area contributed by atoms with Crippen molar-refractivity contribution in [1.82, 2.24) is 4.90 Å². The molecule has 2 aromatic rings. The minimum Gasteiger partial charge on any atom is -0.507 e. The molecule has 1 saturated heterocycles. The Morgan fingerprint density at radius 2 is 1.80 bits per heavy atom. The van der Waals surface area contributed by atoms with Crippen LogP contribution in [0, 0.1) is 6.92 Å². The van der Waals surface area contributed by atoms with Crippen LogP contribution in [0.4, 0.5) is 0 Å². The second kappa shape index (κ2) is 9.08. The predicted octanol–water partition coefficient (Wildman–Crippen LogP) is 4.38. The van der Waals surface area contributed by atoms with E-state index < -0.39 is 17.7 Å². The first kappa shape index (κ1) is 22.2. The molecular weight excluding hydrogens is 429 g/mol. The molecule has 3 rings (SSSR count). The molecule has 1 unspecified atom stereocenters. The molecule has 8 heteroatoms. The molecule has 1 atom stereocenters. The number of ketones is 1. The highest BCUT2D eigenvalue weighted by atomic mass is 35.5. The van der Waals surface area contributed by atoms with Crippen LogP contribution in [0.15, 0.2) is 42.0 Å². The molecule has 1 amide bonds. The number of rotatable bonds is 6. The molecule has 0 bridgehead atoms. The van der Waals surface area contributed by atoms with Crippen molar-refractivity contribution in [3.05, 3.63) is 68.7 Å². The number of aliphatic hydroxyl groups is 1. The molecule has 0 spiro atoms. The number of amides is 1. The SMILES string of the molecule is COCCN1C(=O)C(=O)/C(=C(/O)c2cc(C)cc(Cl)c2OC)C1c1ccc(Cl)cc1. The molecule has 2 aromatic carbocycles. The highest BCUT2D eigenvalue weighted by Gasteiger charge is 2.46. The van der Waals surface area contributed by atoms with Gasteiger partial charge in [-0.3, -0.25) is 9.59 Å². The fourth-order valence-electron chi connectivity index (χ4n) is 3.55. The lowest BCUT2D eigenvalue weighted by atomic mass is 9.94. The van der Waals surface area contributed by atoms with Gasteiger partial charge in [-0.15, -0.1) is 0 Å². The maximum Gasteiger partial charge on any atom is 0.295 e. The molecule has 6 nitrogen and oxygen atoms in total. The van der Waals surface area contributed by atoms with Crippen LogP contribution in [0.2, 0.25) is 10.0 Å². The minimum absolute atomic E-state index is 0.0432. The van der Waals surface area contributed by atoms with E-state index in [4.69, 9.17) is 32.7 Å². The smallest absolute Gasteiger partial charge is 0.295 e. The number of hydrogen-bond acceptors (Lipinski definition) is 5. The van der Waals surface area contributed by atoms with Gasteiger partial charge in [-0.05, 0) is 42.3 Å². The van der Waals surface area contributed by atoms with Gasteiger partial charge in [-0.25, -0.2) is 0 Å². The van der Waals surface area contributed by atoms with Gasteiger partial charge in [0.2, 0.25) is 0 Å². The van der Waals surface area contributed by atoms with Gasteiger partial charge < -0.3 is 19.5 Å². The number of methoxy groups -OCH3 is 2. The summed E-state index contributed by atoms with van der Waals surface area (Å²) in [6.07, 6.45) is 0. The maximum absolute atomic E-state index is 13.0. The summed E-state index contributed by atoms with van der Waals surface area (Å²) < 4.78 is 10.4. The highest BCUT2D eigenvalue weighted by Crippen LogP contribution is 2.42. The molecule has 158 valence electrons. The Morgan fingerprint density at radius 1 is 1.13 bits per heavy atom. The molecule has 0 aliphatic carbocycles. The average molecular weight is 450 g/mol. The molecule has 1 aliphatic heterocycles. The Balaban J connectivity index is 2.25. The van der Waals surface area contributed by atoms with Gasteiger partial charge in [0.15, 0.2) is 0 Å². The van der Waals surface area contributed by atoms with Crippen molar-refractivity contribution >= 4 is 40.7 Å². The van der Waals surface area contributed by atoms with Crippen LogP contribution in [0.5, 0.6) is 5.75 Å². The summed E-state index contributed by atoms with van der Waals surface area (Å²) >= 11 is 12.3. The summed E-state index contributed by atoms with van der Waals surface area (Å²) in [4.78, 5) is 27.1. The van der Waals surface area contributed by atoms with Crippen molar-refractivity contribution in [1.29, 1.82) is 0 Å². The zero-order valence-corrected chi connectivity index (χ0v) is 18.3.